The smallest absolute Gasteiger partial charge is 0.319 e. The number of fused-ring (bicyclic) bond motifs is 1. The lowest BCUT2D eigenvalue weighted by atomic mass is 10.1. The van der Waals surface area contributed by atoms with Crippen LogP contribution in [0.25, 0.3) is 0 Å². The predicted octanol–water partition coefficient (Wildman–Crippen LogP) is 3.08. The van der Waals surface area contributed by atoms with Crippen molar-refractivity contribution in [2.45, 2.75) is 32.4 Å². The minimum atomic E-state index is -0.582. The van der Waals surface area contributed by atoms with Crippen molar-refractivity contribution in [2.75, 3.05) is 5.32 Å². The number of anilines is 1. The molecule has 1 aliphatic rings. The van der Waals surface area contributed by atoms with E-state index in [-0.39, 0.29) is 12.1 Å². The highest BCUT2D eigenvalue weighted by atomic mass is 16.3. The number of hydrogen-bond acceptors (Lipinski definition) is 2. The fraction of sp³-hybridized carbons (Fsp3) is 0.278. The van der Waals surface area contributed by atoms with Crippen molar-refractivity contribution < 1.29 is 9.90 Å². The van der Waals surface area contributed by atoms with E-state index in [2.05, 4.69) is 10.6 Å². The molecular weight excluding hydrogens is 276 g/mol. The topological polar surface area (TPSA) is 61.4 Å². The monoisotopic (exact) mass is 296 g/mol. The fourth-order valence-corrected chi connectivity index (χ4v) is 2.93. The van der Waals surface area contributed by atoms with Crippen LogP contribution in [0.1, 0.15) is 28.3 Å². The zero-order chi connectivity index (χ0) is 15.7. The Morgan fingerprint density at radius 1 is 1.14 bits per heavy atom. The number of carbonyl (C=O) groups excluding carboxylic acids is 1. The lowest BCUT2D eigenvalue weighted by Gasteiger charge is -2.19. The van der Waals surface area contributed by atoms with Crippen molar-refractivity contribution in [3.63, 3.8) is 0 Å². The number of aliphatic hydroxyl groups is 1. The van der Waals surface area contributed by atoms with Gasteiger partial charge in [-0.05, 0) is 42.2 Å². The Bertz CT molecular complexity index is 712. The van der Waals surface area contributed by atoms with E-state index in [4.69, 9.17) is 0 Å². The number of urea groups is 1. The molecule has 4 nitrogen and oxygen atoms in total. The standard InChI is InChI=1S/C18H20N2O2/c1-11-6-5-9-15(12(11)2)19-18(22)20-17-14-8-4-3-7-13(14)10-16(17)21/h3-9,16-17,21H,10H2,1-2H3,(H2,19,20,22)/t16-,17+/m0/s1. The van der Waals surface area contributed by atoms with Crippen LogP contribution in [0.3, 0.4) is 0 Å². The normalized spacial score (nSPS) is 19.6. The molecular formula is C18H20N2O2. The molecule has 114 valence electrons. The van der Waals surface area contributed by atoms with Crippen LogP contribution in [0.4, 0.5) is 10.5 Å². The van der Waals surface area contributed by atoms with Crippen molar-refractivity contribution in [3.8, 4) is 0 Å². The second-order valence-corrected chi connectivity index (χ2v) is 5.79. The highest BCUT2D eigenvalue weighted by molar-refractivity contribution is 5.90. The van der Waals surface area contributed by atoms with Gasteiger partial charge in [-0.15, -0.1) is 0 Å². The molecule has 0 saturated heterocycles. The highest BCUT2D eigenvalue weighted by Crippen LogP contribution is 2.31. The maximum absolute atomic E-state index is 12.3. The van der Waals surface area contributed by atoms with Crippen LogP contribution < -0.4 is 10.6 Å². The summed E-state index contributed by atoms with van der Waals surface area (Å²) in [6, 6.07) is 13.0. The summed E-state index contributed by atoms with van der Waals surface area (Å²) in [4.78, 5) is 12.3. The Balaban J connectivity index is 1.74. The summed E-state index contributed by atoms with van der Waals surface area (Å²) in [5.74, 6) is 0. The number of benzene rings is 2. The van der Waals surface area contributed by atoms with Gasteiger partial charge in [-0.2, -0.15) is 0 Å². The van der Waals surface area contributed by atoms with Gasteiger partial charge in [0.15, 0.2) is 0 Å². The van der Waals surface area contributed by atoms with E-state index >= 15 is 0 Å². The highest BCUT2D eigenvalue weighted by Gasteiger charge is 2.31. The Morgan fingerprint density at radius 3 is 2.73 bits per heavy atom. The molecule has 2 atom stereocenters. The van der Waals surface area contributed by atoms with E-state index in [1.807, 2.05) is 56.3 Å². The van der Waals surface area contributed by atoms with Crippen LogP contribution in [-0.2, 0) is 6.42 Å². The van der Waals surface area contributed by atoms with Crippen molar-refractivity contribution in [1.29, 1.82) is 0 Å². The molecule has 0 aliphatic heterocycles. The molecule has 0 radical (unpaired) electrons. The maximum atomic E-state index is 12.3. The van der Waals surface area contributed by atoms with Crippen LogP contribution in [0.5, 0.6) is 0 Å². The first-order valence-corrected chi connectivity index (χ1v) is 7.46. The van der Waals surface area contributed by atoms with Gasteiger partial charge in [0.2, 0.25) is 0 Å². The molecule has 0 heterocycles. The summed E-state index contributed by atoms with van der Waals surface area (Å²) in [5.41, 5.74) is 5.05. The number of aryl methyl sites for hydroxylation is 1. The second kappa shape index (κ2) is 5.81. The molecule has 3 rings (SSSR count). The van der Waals surface area contributed by atoms with Gasteiger partial charge in [0, 0.05) is 12.1 Å². The molecule has 1 aliphatic carbocycles. The first kappa shape index (κ1) is 14.6. The molecule has 4 heteroatoms. The lowest BCUT2D eigenvalue weighted by Crippen LogP contribution is -2.37. The van der Waals surface area contributed by atoms with E-state index in [1.54, 1.807) is 0 Å². The summed E-state index contributed by atoms with van der Waals surface area (Å²) in [7, 11) is 0. The lowest BCUT2D eigenvalue weighted by molar-refractivity contribution is 0.144. The third-order valence-corrected chi connectivity index (χ3v) is 4.34. The molecule has 2 aromatic rings. The van der Waals surface area contributed by atoms with Gasteiger partial charge < -0.3 is 15.7 Å². The van der Waals surface area contributed by atoms with Gasteiger partial charge in [-0.1, -0.05) is 36.4 Å². The number of carbonyl (C=O) groups is 1. The SMILES string of the molecule is Cc1cccc(NC(=O)N[C@@H]2c3ccccc3C[C@@H]2O)c1C. The van der Waals surface area contributed by atoms with Gasteiger partial charge in [0.05, 0.1) is 12.1 Å². The van der Waals surface area contributed by atoms with E-state index in [1.165, 1.54) is 0 Å². The third-order valence-electron chi connectivity index (χ3n) is 4.34. The maximum Gasteiger partial charge on any atom is 0.319 e. The predicted molar refractivity (Wildman–Crippen MR) is 87.0 cm³/mol. The Kier molecular flexibility index (Phi) is 3.86. The van der Waals surface area contributed by atoms with E-state index in [0.717, 1.165) is 27.9 Å². The molecule has 2 amide bonds. The van der Waals surface area contributed by atoms with Crippen LogP contribution in [0.15, 0.2) is 42.5 Å². The van der Waals surface area contributed by atoms with Crippen LogP contribution in [-0.4, -0.2) is 17.2 Å². The molecule has 2 aromatic carbocycles. The summed E-state index contributed by atoms with van der Waals surface area (Å²) in [6.45, 7) is 3.99. The molecule has 0 bridgehead atoms. The van der Waals surface area contributed by atoms with Gasteiger partial charge in [-0.3, -0.25) is 0 Å². The number of rotatable bonds is 2. The molecule has 0 saturated carbocycles. The first-order chi connectivity index (χ1) is 10.6. The molecule has 0 unspecified atom stereocenters. The zero-order valence-electron chi connectivity index (χ0n) is 12.8. The average molecular weight is 296 g/mol. The molecule has 22 heavy (non-hydrogen) atoms. The van der Waals surface area contributed by atoms with Crippen molar-refractivity contribution in [1.82, 2.24) is 5.32 Å². The number of amides is 2. The summed E-state index contributed by atoms with van der Waals surface area (Å²) in [6.07, 6.45) is -0.00771. The molecule has 0 aromatic heterocycles. The second-order valence-electron chi connectivity index (χ2n) is 5.79. The Morgan fingerprint density at radius 2 is 1.91 bits per heavy atom. The number of hydrogen-bond donors (Lipinski definition) is 3. The minimum Gasteiger partial charge on any atom is -0.390 e. The van der Waals surface area contributed by atoms with Gasteiger partial charge in [0.25, 0.3) is 0 Å². The Hall–Kier alpha value is -2.33. The van der Waals surface area contributed by atoms with E-state index in [9.17, 15) is 9.90 Å². The summed E-state index contributed by atoms with van der Waals surface area (Å²) in [5, 5.41) is 15.9. The molecule has 0 spiro atoms. The van der Waals surface area contributed by atoms with Crippen molar-refractivity contribution in [2.24, 2.45) is 0 Å². The zero-order valence-corrected chi connectivity index (χ0v) is 12.8. The summed E-state index contributed by atoms with van der Waals surface area (Å²) >= 11 is 0. The Labute approximate surface area is 130 Å². The number of nitrogens with one attached hydrogen (secondary N) is 2. The van der Waals surface area contributed by atoms with Gasteiger partial charge in [0.1, 0.15) is 0 Å². The van der Waals surface area contributed by atoms with E-state index < -0.39 is 6.10 Å². The first-order valence-electron chi connectivity index (χ1n) is 7.46. The van der Waals surface area contributed by atoms with Gasteiger partial charge in [-0.25, -0.2) is 4.79 Å². The van der Waals surface area contributed by atoms with Crippen molar-refractivity contribution in [3.05, 3.63) is 64.7 Å². The summed E-state index contributed by atoms with van der Waals surface area (Å²) < 4.78 is 0. The van der Waals surface area contributed by atoms with Crippen molar-refractivity contribution >= 4 is 11.7 Å². The molecule has 0 fully saturated rings. The van der Waals surface area contributed by atoms with Crippen LogP contribution >= 0.6 is 0 Å². The van der Waals surface area contributed by atoms with Crippen LogP contribution in [0.2, 0.25) is 0 Å². The minimum absolute atomic E-state index is 0.297. The number of aliphatic hydroxyl groups excluding tert-OH is 1. The quantitative estimate of drug-likeness (QED) is 0.797. The third kappa shape index (κ3) is 2.70. The van der Waals surface area contributed by atoms with E-state index in [0.29, 0.717) is 6.42 Å². The van der Waals surface area contributed by atoms with Crippen LogP contribution in [0, 0.1) is 13.8 Å². The average Bonchev–Trinajstić information content (AvgIpc) is 2.80. The largest absolute Gasteiger partial charge is 0.390 e. The molecule has 3 N–H and O–H groups in total. The fourth-order valence-electron chi connectivity index (χ4n) is 2.93. The van der Waals surface area contributed by atoms with Gasteiger partial charge >= 0.3 is 6.03 Å².